The van der Waals surface area contributed by atoms with Gasteiger partial charge in [-0.05, 0) is 30.9 Å². The topological polar surface area (TPSA) is 62.2 Å². The van der Waals surface area contributed by atoms with Crippen molar-refractivity contribution < 1.29 is 9.90 Å². The number of aromatic nitrogens is 1. The highest BCUT2D eigenvalue weighted by molar-refractivity contribution is 7.98. The molecule has 94 valence electrons. The van der Waals surface area contributed by atoms with Crippen molar-refractivity contribution >= 4 is 17.7 Å². The average Bonchev–Trinajstić information content (AvgIpc) is 2.28. The molecular formula is C12H18N2O2S. The third-order valence-electron chi connectivity index (χ3n) is 2.24. The van der Waals surface area contributed by atoms with Crippen LogP contribution in [0.5, 0.6) is 0 Å². The Morgan fingerprint density at radius 2 is 2.18 bits per heavy atom. The van der Waals surface area contributed by atoms with Crippen molar-refractivity contribution in [1.82, 2.24) is 10.3 Å². The Labute approximate surface area is 106 Å². The zero-order valence-corrected chi connectivity index (χ0v) is 11.0. The van der Waals surface area contributed by atoms with Crippen LogP contribution < -0.4 is 5.32 Å². The van der Waals surface area contributed by atoms with Crippen molar-refractivity contribution in [3.05, 3.63) is 30.1 Å². The molecule has 1 aromatic heterocycles. The Hall–Kier alpha value is -1.07. The summed E-state index contributed by atoms with van der Waals surface area (Å²) < 4.78 is 0. The number of carbonyl (C=O) groups excluding carboxylic acids is 1. The van der Waals surface area contributed by atoms with Crippen LogP contribution in [-0.2, 0) is 11.2 Å². The summed E-state index contributed by atoms with van der Waals surface area (Å²) in [5.74, 6) is 0.514. The number of nitrogens with one attached hydrogen (secondary N) is 1. The molecule has 0 aliphatic rings. The third kappa shape index (κ3) is 5.70. The van der Waals surface area contributed by atoms with Gasteiger partial charge in [0.2, 0.25) is 5.91 Å². The second kappa shape index (κ2) is 6.61. The number of pyridine rings is 1. The fourth-order valence-corrected chi connectivity index (χ4v) is 2.12. The van der Waals surface area contributed by atoms with Crippen LogP contribution in [0.4, 0.5) is 0 Å². The van der Waals surface area contributed by atoms with E-state index in [0.717, 1.165) is 5.56 Å². The van der Waals surface area contributed by atoms with E-state index in [-0.39, 0.29) is 12.5 Å². The highest BCUT2D eigenvalue weighted by Crippen LogP contribution is 2.09. The van der Waals surface area contributed by atoms with E-state index >= 15 is 0 Å². The highest BCUT2D eigenvalue weighted by atomic mass is 32.2. The molecule has 0 spiro atoms. The predicted octanol–water partition coefficient (Wildman–Crippen LogP) is 0.854. The van der Waals surface area contributed by atoms with E-state index in [1.54, 1.807) is 43.2 Å². The summed E-state index contributed by atoms with van der Waals surface area (Å²) in [6, 6.07) is 3.61. The van der Waals surface area contributed by atoms with E-state index in [9.17, 15) is 9.90 Å². The summed E-state index contributed by atoms with van der Waals surface area (Å²) >= 11 is 1.55. The Balaban J connectivity index is 2.36. The normalized spacial score (nSPS) is 14.1. The monoisotopic (exact) mass is 254 g/mol. The summed E-state index contributed by atoms with van der Waals surface area (Å²) in [5.41, 5.74) is 0.0647. The number of thioether (sulfide) groups is 1. The van der Waals surface area contributed by atoms with Crippen LogP contribution >= 0.6 is 11.8 Å². The Morgan fingerprint density at radius 3 is 2.76 bits per heavy atom. The lowest BCUT2D eigenvalue weighted by molar-refractivity contribution is -0.121. The third-order valence-corrected chi connectivity index (χ3v) is 3.15. The first-order chi connectivity index (χ1) is 8.03. The molecule has 2 N–H and O–H groups in total. The maximum atomic E-state index is 11.6. The average molecular weight is 254 g/mol. The van der Waals surface area contributed by atoms with E-state index in [1.165, 1.54) is 0 Å². The van der Waals surface area contributed by atoms with Crippen molar-refractivity contribution in [3.8, 4) is 0 Å². The maximum absolute atomic E-state index is 11.6. The second-order valence-electron chi connectivity index (χ2n) is 4.24. The first kappa shape index (κ1) is 14.0. The van der Waals surface area contributed by atoms with Gasteiger partial charge in [0.05, 0.1) is 12.0 Å². The molecule has 1 atom stereocenters. The molecule has 0 aromatic carbocycles. The Morgan fingerprint density at radius 1 is 1.53 bits per heavy atom. The molecule has 1 amide bonds. The van der Waals surface area contributed by atoms with Crippen LogP contribution in [0.2, 0.25) is 0 Å². The molecule has 1 aromatic rings. The van der Waals surface area contributed by atoms with Gasteiger partial charge >= 0.3 is 0 Å². The molecule has 0 saturated heterocycles. The van der Waals surface area contributed by atoms with Crippen LogP contribution in [-0.4, -0.2) is 40.2 Å². The Bertz CT molecular complexity index is 355. The number of hydrogen-bond donors (Lipinski definition) is 2. The SMILES string of the molecule is CSCC(C)(O)CNC(=O)Cc1ccncc1. The molecule has 17 heavy (non-hydrogen) atoms. The van der Waals surface area contributed by atoms with Crippen LogP contribution in [0, 0.1) is 0 Å². The fourth-order valence-electron chi connectivity index (χ4n) is 1.40. The van der Waals surface area contributed by atoms with Gasteiger partial charge in [0.1, 0.15) is 0 Å². The molecule has 1 heterocycles. The maximum Gasteiger partial charge on any atom is 0.224 e. The van der Waals surface area contributed by atoms with Crippen LogP contribution in [0.15, 0.2) is 24.5 Å². The predicted molar refractivity (Wildman–Crippen MR) is 70.0 cm³/mol. The number of carbonyl (C=O) groups is 1. The lowest BCUT2D eigenvalue weighted by Gasteiger charge is -2.22. The second-order valence-corrected chi connectivity index (χ2v) is 5.10. The number of aliphatic hydroxyl groups is 1. The summed E-state index contributed by atoms with van der Waals surface area (Å²) in [6.45, 7) is 1.99. The van der Waals surface area contributed by atoms with E-state index < -0.39 is 5.60 Å². The minimum Gasteiger partial charge on any atom is -0.387 e. The number of amides is 1. The Kier molecular flexibility index (Phi) is 5.44. The van der Waals surface area contributed by atoms with E-state index in [2.05, 4.69) is 10.3 Å². The smallest absolute Gasteiger partial charge is 0.224 e. The summed E-state index contributed by atoms with van der Waals surface area (Å²) in [4.78, 5) is 15.5. The largest absolute Gasteiger partial charge is 0.387 e. The zero-order chi connectivity index (χ0) is 12.7. The van der Waals surface area contributed by atoms with Gasteiger partial charge in [-0.3, -0.25) is 9.78 Å². The number of nitrogens with zero attached hydrogens (tertiary/aromatic N) is 1. The lowest BCUT2D eigenvalue weighted by atomic mass is 10.1. The van der Waals surface area contributed by atoms with Crippen LogP contribution in [0.1, 0.15) is 12.5 Å². The summed E-state index contributed by atoms with van der Waals surface area (Å²) in [6.07, 6.45) is 5.56. The molecule has 0 aliphatic carbocycles. The van der Waals surface area contributed by atoms with E-state index in [4.69, 9.17) is 0 Å². The van der Waals surface area contributed by atoms with Crippen molar-refractivity contribution in [2.45, 2.75) is 18.9 Å². The number of hydrogen-bond acceptors (Lipinski definition) is 4. The molecule has 0 fully saturated rings. The van der Waals surface area contributed by atoms with Crippen molar-refractivity contribution in [2.75, 3.05) is 18.6 Å². The molecule has 0 aliphatic heterocycles. The standard InChI is InChI=1S/C12H18N2O2S/c1-12(16,9-17-2)8-14-11(15)7-10-3-5-13-6-4-10/h3-6,16H,7-9H2,1-2H3,(H,14,15). The quantitative estimate of drug-likeness (QED) is 0.790. The van der Waals surface area contributed by atoms with Gasteiger partial charge in [-0.2, -0.15) is 11.8 Å². The molecular weight excluding hydrogens is 236 g/mol. The van der Waals surface area contributed by atoms with Gasteiger partial charge in [-0.15, -0.1) is 0 Å². The molecule has 1 rings (SSSR count). The molecule has 0 radical (unpaired) electrons. The van der Waals surface area contributed by atoms with E-state index in [0.29, 0.717) is 12.2 Å². The summed E-state index contributed by atoms with van der Waals surface area (Å²) in [7, 11) is 0. The fraction of sp³-hybridized carbons (Fsp3) is 0.500. The molecule has 0 saturated carbocycles. The first-order valence-electron chi connectivity index (χ1n) is 5.40. The lowest BCUT2D eigenvalue weighted by Crippen LogP contribution is -2.42. The minimum absolute atomic E-state index is 0.0856. The van der Waals surface area contributed by atoms with Gasteiger partial charge in [-0.1, -0.05) is 0 Å². The van der Waals surface area contributed by atoms with E-state index in [1.807, 2.05) is 6.26 Å². The zero-order valence-electron chi connectivity index (χ0n) is 10.1. The van der Waals surface area contributed by atoms with Crippen molar-refractivity contribution in [1.29, 1.82) is 0 Å². The van der Waals surface area contributed by atoms with Gasteiger partial charge in [0.15, 0.2) is 0 Å². The van der Waals surface area contributed by atoms with Crippen LogP contribution in [0.25, 0.3) is 0 Å². The van der Waals surface area contributed by atoms with Gasteiger partial charge < -0.3 is 10.4 Å². The molecule has 4 nitrogen and oxygen atoms in total. The van der Waals surface area contributed by atoms with Crippen molar-refractivity contribution in [3.63, 3.8) is 0 Å². The van der Waals surface area contributed by atoms with Gasteiger partial charge in [0.25, 0.3) is 0 Å². The molecule has 0 bridgehead atoms. The molecule has 5 heteroatoms. The van der Waals surface area contributed by atoms with Gasteiger partial charge in [-0.25, -0.2) is 0 Å². The summed E-state index contributed by atoms with van der Waals surface area (Å²) in [5, 5.41) is 12.6. The van der Waals surface area contributed by atoms with Crippen molar-refractivity contribution in [2.24, 2.45) is 0 Å². The number of rotatable bonds is 6. The first-order valence-corrected chi connectivity index (χ1v) is 6.80. The highest BCUT2D eigenvalue weighted by Gasteiger charge is 2.20. The van der Waals surface area contributed by atoms with Gasteiger partial charge in [0, 0.05) is 24.7 Å². The molecule has 1 unspecified atom stereocenters. The van der Waals surface area contributed by atoms with Crippen LogP contribution in [0.3, 0.4) is 0 Å². The minimum atomic E-state index is -0.854.